The Labute approximate surface area is 175 Å². The van der Waals surface area contributed by atoms with Gasteiger partial charge in [0.25, 0.3) is 5.91 Å². The number of para-hydroxylation sites is 1. The highest BCUT2D eigenvalue weighted by Gasteiger charge is 2.53. The number of nitrogens with zero attached hydrogens (tertiary/aromatic N) is 3. The minimum Gasteiger partial charge on any atom is -0.350 e. The second-order valence-corrected chi connectivity index (χ2v) is 8.68. The second-order valence-electron chi connectivity index (χ2n) is 8.68. The van der Waals surface area contributed by atoms with Crippen molar-refractivity contribution in [3.05, 3.63) is 29.8 Å². The van der Waals surface area contributed by atoms with Crippen molar-refractivity contribution in [3.8, 4) is 0 Å². The molecule has 3 amide bonds. The minimum atomic E-state index is -0.804. The molecular weight excluding hydrogens is 386 g/mol. The van der Waals surface area contributed by atoms with Crippen LogP contribution >= 0.6 is 0 Å². The zero-order valence-electron chi connectivity index (χ0n) is 17.2. The van der Waals surface area contributed by atoms with Crippen molar-refractivity contribution < 1.29 is 23.9 Å². The Morgan fingerprint density at radius 1 is 1.13 bits per heavy atom. The van der Waals surface area contributed by atoms with Gasteiger partial charge in [0.05, 0.1) is 24.5 Å². The number of anilines is 1. The molecule has 160 valence electrons. The quantitative estimate of drug-likeness (QED) is 0.752. The van der Waals surface area contributed by atoms with Crippen LogP contribution in [0.15, 0.2) is 24.3 Å². The summed E-state index contributed by atoms with van der Waals surface area (Å²) in [4.78, 5) is 44.2. The van der Waals surface area contributed by atoms with Crippen LogP contribution in [0.5, 0.6) is 0 Å². The van der Waals surface area contributed by atoms with Crippen molar-refractivity contribution in [1.29, 1.82) is 0 Å². The van der Waals surface area contributed by atoms with Gasteiger partial charge in [-0.25, -0.2) is 0 Å². The fraction of sp³-hybridized carbons (Fsp3) is 0.591. The predicted molar refractivity (Wildman–Crippen MR) is 108 cm³/mol. The molecule has 4 heterocycles. The number of carbonyl (C=O) groups is 3. The molecule has 0 aliphatic carbocycles. The number of amides is 3. The van der Waals surface area contributed by atoms with Gasteiger partial charge in [-0.1, -0.05) is 12.1 Å². The van der Waals surface area contributed by atoms with E-state index in [0.717, 1.165) is 12.8 Å². The van der Waals surface area contributed by atoms with Gasteiger partial charge < -0.3 is 19.3 Å². The molecule has 0 radical (unpaired) electrons. The van der Waals surface area contributed by atoms with Crippen LogP contribution in [-0.2, 0) is 19.1 Å². The Morgan fingerprint density at radius 2 is 1.83 bits per heavy atom. The molecule has 30 heavy (non-hydrogen) atoms. The Balaban J connectivity index is 1.32. The fourth-order valence-electron chi connectivity index (χ4n) is 5.25. The average molecular weight is 413 g/mol. The van der Waals surface area contributed by atoms with Gasteiger partial charge in [-0.3, -0.25) is 19.3 Å². The Kier molecular flexibility index (Phi) is 4.78. The summed E-state index contributed by atoms with van der Waals surface area (Å²) in [5.74, 6) is 0.0396. The summed E-state index contributed by atoms with van der Waals surface area (Å²) in [6.45, 7) is 4.40. The SMILES string of the molecule is CC12CCC(=O)N1c1ccccc1C(=O)N2CC(=O)N1CCC(C2OCCO2)CC1. The molecule has 3 fully saturated rings. The lowest BCUT2D eigenvalue weighted by Gasteiger charge is -2.49. The van der Waals surface area contributed by atoms with Gasteiger partial charge in [0, 0.05) is 25.4 Å². The molecule has 1 atom stereocenters. The molecular formula is C22H27N3O5. The maximum absolute atomic E-state index is 13.3. The van der Waals surface area contributed by atoms with Crippen LogP contribution in [0.2, 0.25) is 0 Å². The molecule has 1 unspecified atom stereocenters. The van der Waals surface area contributed by atoms with E-state index < -0.39 is 5.66 Å². The highest BCUT2D eigenvalue weighted by Crippen LogP contribution is 2.44. The van der Waals surface area contributed by atoms with Crippen molar-refractivity contribution >= 4 is 23.4 Å². The number of hydrogen-bond donors (Lipinski definition) is 0. The standard InChI is InChI=1S/C22H27N3O5/c1-22-9-6-18(26)25(22)17-5-3-2-4-16(17)20(28)24(22)14-19(27)23-10-7-15(8-11-23)21-29-12-13-30-21/h2-5,15,21H,6-14H2,1H3. The Bertz CT molecular complexity index is 875. The number of carbonyl (C=O) groups excluding carboxylic acids is 3. The molecule has 0 saturated carbocycles. The normalized spacial score (nSPS) is 27.6. The largest absolute Gasteiger partial charge is 0.350 e. The molecule has 8 heteroatoms. The topological polar surface area (TPSA) is 79.4 Å². The van der Waals surface area contributed by atoms with Crippen molar-refractivity contribution in [1.82, 2.24) is 9.80 Å². The van der Waals surface area contributed by atoms with Crippen LogP contribution in [0.4, 0.5) is 5.69 Å². The van der Waals surface area contributed by atoms with Crippen molar-refractivity contribution in [2.75, 3.05) is 37.7 Å². The molecule has 0 N–H and O–H groups in total. The van der Waals surface area contributed by atoms with E-state index >= 15 is 0 Å². The zero-order chi connectivity index (χ0) is 20.9. The van der Waals surface area contributed by atoms with E-state index in [2.05, 4.69) is 0 Å². The fourth-order valence-corrected chi connectivity index (χ4v) is 5.25. The maximum Gasteiger partial charge on any atom is 0.258 e. The minimum absolute atomic E-state index is 0.00715. The van der Waals surface area contributed by atoms with Gasteiger partial charge in [0.2, 0.25) is 11.8 Å². The van der Waals surface area contributed by atoms with Crippen LogP contribution in [0.25, 0.3) is 0 Å². The monoisotopic (exact) mass is 413 g/mol. The first-order valence-corrected chi connectivity index (χ1v) is 10.7. The van der Waals surface area contributed by atoms with Crippen molar-refractivity contribution in [2.24, 2.45) is 5.92 Å². The van der Waals surface area contributed by atoms with Crippen LogP contribution in [0.3, 0.4) is 0 Å². The third-order valence-electron chi connectivity index (χ3n) is 6.96. The summed E-state index contributed by atoms with van der Waals surface area (Å²) < 4.78 is 11.2. The van der Waals surface area contributed by atoms with E-state index in [-0.39, 0.29) is 30.6 Å². The van der Waals surface area contributed by atoms with Crippen molar-refractivity contribution in [3.63, 3.8) is 0 Å². The number of ether oxygens (including phenoxy) is 2. The highest BCUT2D eigenvalue weighted by molar-refractivity contribution is 6.11. The lowest BCUT2D eigenvalue weighted by Crippen LogP contribution is -2.64. The smallest absolute Gasteiger partial charge is 0.258 e. The highest BCUT2D eigenvalue weighted by atomic mass is 16.7. The summed E-state index contributed by atoms with van der Waals surface area (Å²) in [6.07, 6.45) is 2.40. The maximum atomic E-state index is 13.3. The van der Waals surface area contributed by atoms with Crippen LogP contribution < -0.4 is 4.90 Å². The molecule has 3 saturated heterocycles. The van der Waals surface area contributed by atoms with E-state index in [0.29, 0.717) is 56.3 Å². The molecule has 1 aromatic rings. The van der Waals surface area contributed by atoms with E-state index in [9.17, 15) is 14.4 Å². The molecule has 0 aromatic heterocycles. The molecule has 4 aliphatic rings. The number of benzene rings is 1. The summed E-state index contributed by atoms with van der Waals surface area (Å²) in [5.41, 5.74) is 0.322. The van der Waals surface area contributed by atoms with Gasteiger partial charge in [0.1, 0.15) is 12.2 Å². The number of hydrogen-bond acceptors (Lipinski definition) is 5. The van der Waals surface area contributed by atoms with Crippen LogP contribution in [0, 0.1) is 5.92 Å². The molecule has 0 bridgehead atoms. The summed E-state index contributed by atoms with van der Waals surface area (Å²) in [6, 6.07) is 7.16. The van der Waals surface area contributed by atoms with E-state index in [1.165, 1.54) is 0 Å². The van der Waals surface area contributed by atoms with Crippen LogP contribution in [-0.4, -0.2) is 72.3 Å². The first kappa shape index (κ1) is 19.5. The van der Waals surface area contributed by atoms with Gasteiger partial charge in [-0.15, -0.1) is 0 Å². The lowest BCUT2D eigenvalue weighted by molar-refractivity contribution is -0.138. The van der Waals surface area contributed by atoms with Gasteiger partial charge in [-0.2, -0.15) is 0 Å². The number of likely N-dealkylation sites (tertiary alicyclic amines) is 1. The Morgan fingerprint density at radius 3 is 2.57 bits per heavy atom. The van der Waals surface area contributed by atoms with Gasteiger partial charge in [-0.05, 0) is 38.3 Å². The molecule has 1 aromatic carbocycles. The third kappa shape index (κ3) is 3.01. The Hall–Kier alpha value is -2.45. The molecule has 0 spiro atoms. The number of piperidine rings is 1. The predicted octanol–water partition coefficient (Wildman–Crippen LogP) is 1.60. The van der Waals surface area contributed by atoms with E-state index in [4.69, 9.17) is 9.47 Å². The van der Waals surface area contributed by atoms with Crippen molar-refractivity contribution in [2.45, 2.75) is 44.6 Å². The van der Waals surface area contributed by atoms with Gasteiger partial charge >= 0.3 is 0 Å². The summed E-state index contributed by atoms with van der Waals surface area (Å²) in [7, 11) is 0. The van der Waals surface area contributed by atoms with E-state index in [1.807, 2.05) is 24.0 Å². The number of fused-ring (bicyclic) bond motifs is 3. The molecule has 4 aliphatic heterocycles. The average Bonchev–Trinajstić information content (AvgIpc) is 3.40. The lowest BCUT2D eigenvalue weighted by atomic mass is 9.95. The van der Waals surface area contributed by atoms with Gasteiger partial charge in [0.15, 0.2) is 6.29 Å². The van der Waals surface area contributed by atoms with Crippen LogP contribution in [0.1, 0.15) is 43.0 Å². The molecule has 8 nitrogen and oxygen atoms in total. The first-order valence-electron chi connectivity index (χ1n) is 10.7. The zero-order valence-corrected chi connectivity index (χ0v) is 17.2. The molecule has 5 rings (SSSR count). The van der Waals surface area contributed by atoms with E-state index in [1.54, 1.807) is 21.9 Å². The third-order valence-corrected chi connectivity index (χ3v) is 6.96. The second kappa shape index (κ2) is 7.35. The summed E-state index contributed by atoms with van der Waals surface area (Å²) >= 11 is 0. The summed E-state index contributed by atoms with van der Waals surface area (Å²) in [5, 5.41) is 0. The first-order chi connectivity index (χ1) is 14.5. The number of rotatable bonds is 3.